The van der Waals surface area contributed by atoms with E-state index in [9.17, 15) is 13.5 Å². The molecule has 3 aromatic rings. The van der Waals surface area contributed by atoms with Crippen LogP contribution in [0.3, 0.4) is 0 Å². The molecule has 0 unspecified atom stereocenters. The van der Waals surface area contributed by atoms with E-state index in [2.05, 4.69) is 35.5 Å². The number of nitrogens with one attached hydrogen (secondary N) is 1. The maximum atomic E-state index is 13.6. The summed E-state index contributed by atoms with van der Waals surface area (Å²) in [6.45, 7) is 8.20. The second kappa shape index (κ2) is 12.7. The molecule has 2 N–H and O–H groups in total. The van der Waals surface area contributed by atoms with Crippen molar-refractivity contribution in [1.82, 2.24) is 9.97 Å². The van der Waals surface area contributed by atoms with Gasteiger partial charge in [-0.2, -0.15) is 9.97 Å². The summed E-state index contributed by atoms with van der Waals surface area (Å²) in [6.07, 6.45) is 0.339. The first-order valence-electron chi connectivity index (χ1n) is 13.0. The minimum absolute atomic E-state index is 0.0247. The maximum Gasteiger partial charge on any atom is 0.265 e. The molecule has 2 heterocycles. The second-order valence-electron chi connectivity index (χ2n) is 10.2. The highest BCUT2D eigenvalue weighted by molar-refractivity contribution is 7.92. The van der Waals surface area contributed by atoms with Gasteiger partial charge in [-0.05, 0) is 35.2 Å². The van der Waals surface area contributed by atoms with E-state index in [0.29, 0.717) is 44.2 Å². The fourth-order valence-electron chi connectivity index (χ4n) is 3.95. The van der Waals surface area contributed by atoms with Crippen molar-refractivity contribution in [3.8, 4) is 23.1 Å². The predicted molar refractivity (Wildman–Crippen MR) is 151 cm³/mol. The van der Waals surface area contributed by atoms with Gasteiger partial charge in [0, 0.05) is 26.1 Å². The summed E-state index contributed by atoms with van der Waals surface area (Å²) in [5.74, 6) is 0.894. The van der Waals surface area contributed by atoms with Crippen molar-refractivity contribution in [3.05, 3.63) is 54.1 Å². The number of sulfonamides is 1. The van der Waals surface area contributed by atoms with Gasteiger partial charge in [-0.3, -0.25) is 4.72 Å². The van der Waals surface area contributed by atoms with Crippen molar-refractivity contribution in [3.63, 3.8) is 0 Å². The molecule has 40 heavy (non-hydrogen) atoms. The number of anilines is 2. The Kier molecular flexibility index (Phi) is 9.33. The number of hydrogen-bond donors (Lipinski definition) is 2. The summed E-state index contributed by atoms with van der Waals surface area (Å²) in [6, 6.07) is 13.6. The quantitative estimate of drug-likeness (QED) is 0.325. The molecule has 1 saturated heterocycles. The van der Waals surface area contributed by atoms with Gasteiger partial charge in [-0.15, -0.1) is 0 Å². The first-order chi connectivity index (χ1) is 19.1. The SMILES string of the molecule is COc1ccccc1Oc1c(NS(=O)(=O)c2ccc(C(C)(C)C)cc2)nc(N2CCOCC2)nc1OCCCO. The summed E-state index contributed by atoms with van der Waals surface area (Å²) in [5.41, 5.74) is 0.870. The van der Waals surface area contributed by atoms with Crippen LogP contribution in [0.5, 0.6) is 23.1 Å². The van der Waals surface area contributed by atoms with Crippen molar-refractivity contribution >= 4 is 21.8 Å². The normalized spacial score (nSPS) is 14.1. The van der Waals surface area contributed by atoms with Crippen LogP contribution in [-0.4, -0.2) is 70.1 Å². The van der Waals surface area contributed by atoms with Crippen LogP contribution in [0.25, 0.3) is 0 Å². The van der Waals surface area contributed by atoms with Crippen LogP contribution in [-0.2, 0) is 20.2 Å². The average molecular weight is 573 g/mol. The third-order valence-electron chi connectivity index (χ3n) is 6.20. The molecule has 0 aliphatic carbocycles. The summed E-state index contributed by atoms with van der Waals surface area (Å²) in [4.78, 5) is 11.1. The van der Waals surface area contributed by atoms with Crippen LogP contribution in [0.1, 0.15) is 32.8 Å². The van der Waals surface area contributed by atoms with Crippen molar-refractivity contribution in [2.24, 2.45) is 0 Å². The number of morpholine rings is 1. The molecule has 12 heteroatoms. The van der Waals surface area contributed by atoms with Crippen molar-refractivity contribution in [1.29, 1.82) is 0 Å². The summed E-state index contributed by atoms with van der Waals surface area (Å²) in [7, 11) is -2.58. The Labute approximate surface area is 235 Å². The van der Waals surface area contributed by atoms with Crippen LogP contribution in [0.15, 0.2) is 53.4 Å². The lowest BCUT2D eigenvalue weighted by Gasteiger charge is -2.28. The molecule has 0 atom stereocenters. The molecule has 1 aliphatic heterocycles. The zero-order chi connectivity index (χ0) is 28.8. The van der Waals surface area contributed by atoms with Gasteiger partial charge in [-0.25, -0.2) is 8.42 Å². The Hall–Kier alpha value is -3.61. The van der Waals surface area contributed by atoms with E-state index in [-0.39, 0.29) is 46.9 Å². The predicted octanol–water partition coefficient (Wildman–Crippen LogP) is 3.97. The minimum Gasteiger partial charge on any atom is -0.493 e. The molecule has 1 aromatic heterocycles. The Bertz CT molecular complexity index is 1390. The monoisotopic (exact) mass is 572 g/mol. The van der Waals surface area contributed by atoms with E-state index in [1.807, 2.05) is 4.90 Å². The topological polar surface area (TPSA) is 132 Å². The molecular formula is C28H36N4O7S. The fourth-order valence-corrected chi connectivity index (χ4v) is 4.95. The van der Waals surface area contributed by atoms with Crippen molar-refractivity contribution in [2.75, 3.05) is 56.2 Å². The number of rotatable bonds is 11. The smallest absolute Gasteiger partial charge is 0.265 e. The van der Waals surface area contributed by atoms with Crippen LogP contribution >= 0.6 is 0 Å². The molecule has 1 fully saturated rings. The number of aliphatic hydroxyl groups excluding tert-OH is 1. The Morgan fingerprint density at radius 2 is 1.70 bits per heavy atom. The van der Waals surface area contributed by atoms with Gasteiger partial charge >= 0.3 is 0 Å². The zero-order valence-electron chi connectivity index (χ0n) is 23.2. The van der Waals surface area contributed by atoms with E-state index in [1.54, 1.807) is 48.5 Å². The minimum atomic E-state index is -4.09. The van der Waals surface area contributed by atoms with Crippen LogP contribution in [0.4, 0.5) is 11.8 Å². The number of para-hydroxylation sites is 2. The average Bonchev–Trinajstić information content (AvgIpc) is 2.94. The molecule has 0 radical (unpaired) electrons. The lowest BCUT2D eigenvalue weighted by molar-refractivity contribution is 0.122. The van der Waals surface area contributed by atoms with Crippen LogP contribution < -0.4 is 23.8 Å². The van der Waals surface area contributed by atoms with Gasteiger partial charge in [0.05, 0.1) is 31.8 Å². The number of benzene rings is 2. The molecule has 216 valence electrons. The first kappa shape index (κ1) is 29.4. The Morgan fingerprint density at radius 3 is 2.33 bits per heavy atom. The molecule has 0 spiro atoms. The van der Waals surface area contributed by atoms with Gasteiger partial charge in [0.2, 0.25) is 11.7 Å². The van der Waals surface area contributed by atoms with Crippen LogP contribution in [0, 0.1) is 0 Å². The molecule has 2 aromatic carbocycles. The van der Waals surface area contributed by atoms with Crippen molar-refractivity contribution < 1.29 is 32.5 Å². The molecule has 4 rings (SSSR count). The molecule has 1 aliphatic rings. The highest BCUT2D eigenvalue weighted by Crippen LogP contribution is 2.41. The third-order valence-corrected chi connectivity index (χ3v) is 7.56. The van der Waals surface area contributed by atoms with Crippen LogP contribution in [0.2, 0.25) is 0 Å². The molecule has 0 saturated carbocycles. The third kappa shape index (κ3) is 7.12. The molecule has 0 bridgehead atoms. The van der Waals surface area contributed by atoms with Gasteiger partial charge in [0.1, 0.15) is 0 Å². The highest BCUT2D eigenvalue weighted by Gasteiger charge is 2.27. The van der Waals surface area contributed by atoms with E-state index in [1.165, 1.54) is 7.11 Å². The fraction of sp³-hybridized carbons (Fsp3) is 0.429. The van der Waals surface area contributed by atoms with E-state index in [4.69, 9.17) is 18.9 Å². The standard InChI is InChI=1S/C28H36N4O7S/c1-28(2,3)20-10-12-21(13-11-20)40(34,35)31-25-24(39-23-9-6-5-8-22(23)36-4)26(38-17-7-16-33)30-27(29-25)32-14-18-37-19-15-32/h5-6,8-13,33H,7,14-19H2,1-4H3,(H,29,30,31). The van der Waals surface area contributed by atoms with E-state index in [0.717, 1.165) is 5.56 Å². The Balaban J connectivity index is 1.81. The molecule has 11 nitrogen and oxygen atoms in total. The first-order valence-corrected chi connectivity index (χ1v) is 14.5. The number of hydrogen-bond acceptors (Lipinski definition) is 10. The second-order valence-corrected chi connectivity index (χ2v) is 11.8. The number of ether oxygens (including phenoxy) is 4. The van der Waals surface area contributed by atoms with Gasteiger partial charge < -0.3 is 29.0 Å². The maximum absolute atomic E-state index is 13.6. The summed E-state index contributed by atoms with van der Waals surface area (Å²) < 4.78 is 52.7. The zero-order valence-corrected chi connectivity index (χ0v) is 24.0. The number of methoxy groups -OCH3 is 1. The number of aliphatic hydroxyl groups is 1. The number of aromatic nitrogens is 2. The van der Waals surface area contributed by atoms with Gasteiger partial charge in [0.25, 0.3) is 15.9 Å². The summed E-state index contributed by atoms with van der Waals surface area (Å²) >= 11 is 0. The molecule has 0 amide bonds. The number of nitrogens with zero attached hydrogens (tertiary/aromatic N) is 3. The van der Waals surface area contributed by atoms with Gasteiger partial charge in [0.15, 0.2) is 17.3 Å². The lowest BCUT2D eigenvalue weighted by Crippen LogP contribution is -2.37. The lowest BCUT2D eigenvalue weighted by atomic mass is 9.87. The largest absolute Gasteiger partial charge is 0.493 e. The van der Waals surface area contributed by atoms with E-state index < -0.39 is 10.0 Å². The Morgan fingerprint density at radius 1 is 1.02 bits per heavy atom. The van der Waals surface area contributed by atoms with Gasteiger partial charge in [-0.1, -0.05) is 45.0 Å². The molecular weight excluding hydrogens is 536 g/mol. The van der Waals surface area contributed by atoms with Crippen molar-refractivity contribution in [2.45, 2.75) is 37.5 Å². The van der Waals surface area contributed by atoms with E-state index >= 15 is 0 Å². The summed E-state index contributed by atoms with van der Waals surface area (Å²) in [5, 5.41) is 9.30. The highest BCUT2D eigenvalue weighted by atomic mass is 32.2.